The van der Waals surface area contributed by atoms with Crippen LogP contribution in [0.5, 0.6) is 11.5 Å². The molecule has 0 spiro atoms. The van der Waals surface area contributed by atoms with E-state index in [1.807, 2.05) is 4.90 Å². The molecule has 1 aromatic heterocycles. The predicted octanol–water partition coefficient (Wildman–Crippen LogP) is 2.13. The second-order valence-electron chi connectivity index (χ2n) is 6.35. The van der Waals surface area contributed by atoms with Gasteiger partial charge in [0.1, 0.15) is 0 Å². The number of carbonyl (C=O) groups excluding carboxylic acids is 2. The number of hydrogen-bond donors (Lipinski definition) is 1. The molecule has 1 aliphatic rings. The molecule has 0 bridgehead atoms. The lowest BCUT2D eigenvalue weighted by Gasteiger charge is -2.32. The highest BCUT2D eigenvalue weighted by atomic mass is 16.5. The van der Waals surface area contributed by atoms with Crippen molar-refractivity contribution < 1.29 is 19.1 Å². The highest BCUT2D eigenvalue weighted by molar-refractivity contribution is 5.95. The Morgan fingerprint density at radius 3 is 2.30 bits per heavy atom. The molecular formula is C20H23N3O4. The Bertz CT molecular complexity index is 802. The summed E-state index contributed by atoms with van der Waals surface area (Å²) in [5, 5.41) is 3.04. The van der Waals surface area contributed by atoms with Crippen molar-refractivity contribution in [3.8, 4) is 11.5 Å². The number of rotatable bonds is 5. The minimum absolute atomic E-state index is 0.00191. The third-order valence-corrected chi connectivity index (χ3v) is 4.69. The molecule has 1 saturated heterocycles. The number of piperidine rings is 1. The maximum absolute atomic E-state index is 12.5. The number of methoxy groups -OCH3 is 2. The highest BCUT2D eigenvalue weighted by Crippen LogP contribution is 2.27. The average molecular weight is 369 g/mol. The first kappa shape index (κ1) is 18.7. The molecule has 2 aromatic rings. The standard InChI is InChI=1S/C20H23N3O4/c1-26-17-4-3-15(13-18(17)27-2)19(24)22-16-7-11-23(12-8-16)20(25)14-5-9-21-10-6-14/h3-6,9-10,13,16H,7-8,11-12H2,1-2H3,(H,22,24). The fraction of sp³-hybridized carbons (Fsp3) is 0.350. The summed E-state index contributed by atoms with van der Waals surface area (Å²) in [6.45, 7) is 1.22. The number of pyridine rings is 1. The van der Waals surface area contributed by atoms with E-state index in [9.17, 15) is 9.59 Å². The molecule has 0 aliphatic carbocycles. The van der Waals surface area contributed by atoms with Gasteiger partial charge in [0.05, 0.1) is 14.2 Å². The van der Waals surface area contributed by atoms with Crippen LogP contribution in [0.4, 0.5) is 0 Å². The molecule has 2 amide bonds. The number of benzene rings is 1. The van der Waals surface area contributed by atoms with E-state index >= 15 is 0 Å². The van der Waals surface area contributed by atoms with Crippen molar-refractivity contribution in [3.05, 3.63) is 53.9 Å². The Balaban J connectivity index is 1.56. The summed E-state index contributed by atoms with van der Waals surface area (Å²) in [5.74, 6) is 0.942. The van der Waals surface area contributed by atoms with Crippen molar-refractivity contribution in [1.82, 2.24) is 15.2 Å². The van der Waals surface area contributed by atoms with Gasteiger partial charge in [0.2, 0.25) is 0 Å². The molecule has 142 valence electrons. The molecule has 0 atom stereocenters. The number of nitrogens with zero attached hydrogens (tertiary/aromatic N) is 2. The Labute approximate surface area is 158 Å². The highest BCUT2D eigenvalue weighted by Gasteiger charge is 2.25. The van der Waals surface area contributed by atoms with E-state index in [2.05, 4.69) is 10.3 Å². The van der Waals surface area contributed by atoms with Gasteiger partial charge in [0.25, 0.3) is 11.8 Å². The van der Waals surface area contributed by atoms with Crippen molar-refractivity contribution >= 4 is 11.8 Å². The second-order valence-corrected chi connectivity index (χ2v) is 6.35. The molecule has 1 fully saturated rings. The zero-order valence-corrected chi connectivity index (χ0v) is 15.5. The average Bonchev–Trinajstić information content (AvgIpc) is 2.73. The number of amides is 2. The fourth-order valence-electron chi connectivity index (χ4n) is 3.15. The van der Waals surface area contributed by atoms with E-state index in [1.54, 1.807) is 49.8 Å². The lowest BCUT2D eigenvalue weighted by atomic mass is 10.0. The SMILES string of the molecule is COc1ccc(C(=O)NC2CCN(C(=O)c3ccncc3)CC2)cc1OC. The summed E-state index contributed by atoms with van der Waals surface area (Å²) in [5.41, 5.74) is 1.15. The summed E-state index contributed by atoms with van der Waals surface area (Å²) in [6.07, 6.45) is 4.67. The maximum atomic E-state index is 12.5. The van der Waals surface area contributed by atoms with Gasteiger partial charge in [-0.3, -0.25) is 14.6 Å². The topological polar surface area (TPSA) is 80.8 Å². The Kier molecular flexibility index (Phi) is 5.90. The first-order valence-electron chi connectivity index (χ1n) is 8.84. The van der Waals surface area contributed by atoms with Gasteiger partial charge in [-0.25, -0.2) is 0 Å². The maximum Gasteiger partial charge on any atom is 0.253 e. The molecule has 27 heavy (non-hydrogen) atoms. The van der Waals surface area contributed by atoms with Crippen LogP contribution in [-0.2, 0) is 0 Å². The van der Waals surface area contributed by atoms with Crippen molar-refractivity contribution in [2.45, 2.75) is 18.9 Å². The molecule has 7 heteroatoms. The monoisotopic (exact) mass is 369 g/mol. The third-order valence-electron chi connectivity index (χ3n) is 4.69. The number of aromatic nitrogens is 1. The zero-order chi connectivity index (χ0) is 19.2. The summed E-state index contributed by atoms with van der Waals surface area (Å²) in [4.78, 5) is 30.7. The van der Waals surface area contributed by atoms with Crippen LogP contribution in [0, 0.1) is 0 Å². The summed E-state index contributed by atoms with van der Waals surface area (Å²) < 4.78 is 10.4. The van der Waals surface area contributed by atoms with Crippen molar-refractivity contribution in [2.75, 3.05) is 27.3 Å². The van der Waals surface area contributed by atoms with Crippen LogP contribution < -0.4 is 14.8 Å². The van der Waals surface area contributed by atoms with Crippen LogP contribution in [0.2, 0.25) is 0 Å². The summed E-state index contributed by atoms with van der Waals surface area (Å²) in [7, 11) is 3.09. The van der Waals surface area contributed by atoms with Crippen LogP contribution in [0.25, 0.3) is 0 Å². The zero-order valence-electron chi connectivity index (χ0n) is 15.5. The van der Waals surface area contributed by atoms with E-state index in [1.165, 1.54) is 7.11 Å². The molecule has 1 aliphatic heterocycles. The molecule has 0 radical (unpaired) electrons. The lowest BCUT2D eigenvalue weighted by molar-refractivity contribution is 0.0698. The molecule has 7 nitrogen and oxygen atoms in total. The van der Waals surface area contributed by atoms with Crippen molar-refractivity contribution in [2.24, 2.45) is 0 Å². The number of likely N-dealkylation sites (tertiary alicyclic amines) is 1. The summed E-state index contributed by atoms with van der Waals surface area (Å²) >= 11 is 0. The third kappa shape index (κ3) is 4.36. The van der Waals surface area contributed by atoms with E-state index in [-0.39, 0.29) is 17.9 Å². The van der Waals surface area contributed by atoms with Gasteiger partial charge in [-0.05, 0) is 43.2 Å². The minimum Gasteiger partial charge on any atom is -0.493 e. The van der Waals surface area contributed by atoms with Crippen LogP contribution in [0.15, 0.2) is 42.7 Å². The predicted molar refractivity (Wildman–Crippen MR) is 100 cm³/mol. The van der Waals surface area contributed by atoms with Gasteiger partial charge < -0.3 is 19.7 Å². The van der Waals surface area contributed by atoms with Gasteiger partial charge in [-0.2, -0.15) is 0 Å². The Morgan fingerprint density at radius 2 is 1.67 bits per heavy atom. The molecule has 2 heterocycles. The molecule has 0 saturated carbocycles. The minimum atomic E-state index is -0.158. The number of nitrogens with one attached hydrogen (secondary N) is 1. The molecule has 1 N–H and O–H groups in total. The van der Waals surface area contributed by atoms with E-state index < -0.39 is 0 Å². The number of hydrogen-bond acceptors (Lipinski definition) is 5. The molecular weight excluding hydrogens is 346 g/mol. The normalized spacial score (nSPS) is 14.5. The van der Waals surface area contributed by atoms with Crippen LogP contribution in [0.1, 0.15) is 33.6 Å². The smallest absolute Gasteiger partial charge is 0.253 e. The van der Waals surface area contributed by atoms with Gasteiger partial charge in [-0.1, -0.05) is 0 Å². The first-order chi connectivity index (χ1) is 13.1. The van der Waals surface area contributed by atoms with Gasteiger partial charge in [-0.15, -0.1) is 0 Å². The number of ether oxygens (including phenoxy) is 2. The van der Waals surface area contributed by atoms with E-state index in [4.69, 9.17) is 9.47 Å². The van der Waals surface area contributed by atoms with Crippen molar-refractivity contribution in [1.29, 1.82) is 0 Å². The van der Waals surface area contributed by atoms with Crippen LogP contribution >= 0.6 is 0 Å². The number of carbonyl (C=O) groups is 2. The second kappa shape index (κ2) is 8.53. The lowest BCUT2D eigenvalue weighted by Crippen LogP contribution is -2.46. The van der Waals surface area contributed by atoms with Gasteiger partial charge in [0.15, 0.2) is 11.5 Å². The summed E-state index contributed by atoms with van der Waals surface area (Å²) in [6, 6.07) is 8.55. The largest absolute Gasteiger partial charge is 0.493 e. The van der Waals surface area contributed by atoms with Crippen LogP contribution in [-0.4, -0.2) is 55.0 Å². The van der Waals surface area contributed by atoms with E-state index in [0.717, 1.165) is 12.8 Å². The van der Waals surface area contributed by atoms with Gasteiger partial charge in [0, 0.05) is 42.7 Å². The Morgan fingerprint density at radius 1 is 1.00 bits per heavy atom. The van der Waals surface area contributed by atoms with Crippen LogP contribution in [0.3, 0.4) is 0 Å². The molecule has 1 aromatic carbocycles. The van der Waals surface area contributed by atoms with E-state index in [0.29, 0.717) is 35.7 Å². The van der Waals surface area contributed by atoms with Crippen molar-refractivity contribution in [3.63, 3.8) is 0 Å². The first-order valence-corrected chi connectivity index (χ1v) is 8.84. The fourth-order valence-corrected chi connectivity index (χ4v) is 3.15. The molecule has 0 unspecified atom stereocenters. The molecule has 3 rings (SSSR count). The van der Waals surface area contributed by atoms with Gasteiger partial charge >= 0.3 is 0 Å². The quantitative estimate of drug-likeness (QED) is 0.873. The Hall–Kier alpha value is -3.09.